The zero-order chi connectivity index (χ0) is 18.1. The summed E-state index contributed by atoms with van der Waals surface area (Å²) < 4.78 is 16.2. The van der Waals surface area contributed by atoms with E-state index in [1.54, 1.807) is 6.07 Å². The summed E-state index contributed by atoms with van der Waals surface area (Å²) in [4.78, 5) is 11.5. The van der Waals surface area contributed by atoms with E-state index < -0.39 is 0 Å². The van der Waals surface area contributed by atoms with E-state index in [1.165, 1.54) is 6.07 Å². The number of aliphatic imine (C=N–C) groups is 1. The van der Waals surface area contributed by atoms with Crippen molar-refractivity contribution in [3.63, 3.8) is 0 Å². The molecule has 132 valence electrons. The normalized spacial score (nSPS) is 13.2. The van der Waals surface area contributed by atoms with Crippen molar-refractivity contribution >= 4 is 5.71 Å². The number of likely N-dealkylation sites (N-methyl/N-ethyl adjacent to an activating group) is 1. The molecule has 2 heterocycles. The third kappa shape index (κ3) is 3.06. The largest absolute Gasteiger partial charge is 0.309 e. The monoisotopic (exact) mass is 348 g/mol. The van der Waals surface area contributed by atoms with Crippen molar-refractivity contribution in [1.29, 1.82) is 0 Å². The maximum absolute atomic E-state index is 14.1. The average molecular weight is 348 g/mol. The molecule has 1 aliphatic rings. The number of fused-ring (bicyclic) bond motifs is 3. The second-order valence-electron chi connectivity index (χ2n) is 6.75. The summed E-state index contributed by atoms with van der Waals surface area (Å²) in [6, 6.07) is 14.9. The highest BCUT2D eigenvalue weighted by Crippen LogP contribution is 2.27. The Morgan fingerprint density at radius 3 is 2.69 bits per heavy atom. The molecule has 0 spiro atoms. The molecule has 0 atom stereocenters. The molecule has 0 aliphatic carbocycles. The minimum absolute atomic E-state index is 0.259. The SMILES string of the molecule is CN(C)CCc1cnc2n1-c1ccc(F)cc1C(c1ccccc1)=NC2. The summed E-state index contributed by atoms with van der Waals surface area (Å²) in [6.45, 7) is 1.40. The lowest BCUT2D eigenvalue weighted by atomic mass is 10.00. The second-order valence-corrected chi connectivity index (χ2v) is 6.75. The van der Waals surface area contributed by atoms with Gasteiger partial charge in [-0.1, -0.05) is 30.3 Å². The van der Waals surface area contributed by atoms with E-state index in [0.717, 1.165) is 47.0 Å². The fourth-order valence-electron chi connectivity index (χ4n) is 3.32. The average Bonchev–Trinajstić information content (AvgIpc) is 2.97. The minimum Gasteiger partial charge on any atom is -0.309 e. The van der Waals surface area contributed by atoms with Crippen LogP contribution in [0.5, 0.6) is 0 Å². The van der Waals surface area contributed by atoms with Crippen LogP contribution >= 0.6 is 0 Å². The third-order valence-corrected chi connectivity index (χ3v) is 4.60. The molecular formula is C21H21FN4. The first-order valence-electron chi connectivity index (χ1n) is 8.74. The highest BCUT2D eigenvalue weighted by Gasteiger charge is 2.22. The van der Waals surface area contributed by atoms with Crippen LogP contribution in [0.25, 0.3) is 5.69 Å². The summed E-state index contributed by atoms with van der Waals surface area (Å²) in [7, 11) is 4.11. The number of hydrogen-bond donors (Lipinski definition) is 0. The van der Waals surface area contributed by atoms with E-state index in [-0.39, 0.29) is 5.82 Å². The third-order valence-electron chi connectivity index (χ3n) is 4.60. The Labute approximate surface area is 152 Å². The summed E-state index contributed by atoms with van der Waals surface area (Å²) in [6.07, 6.45) is 2.78. The molecule has 0 saturated carbocycles. The van der Waals surface area contributed by atoms with E-state index >= 15 is 0 Å². The van der Waals surface area contributed by atoms with Crippen LogP contribution < -0.4 is 0 Å². The van der Waals surface area contributed by atoms with Gasteiger partial charge in [0.25, 0.3) is 0 Å². The Morgan fingerprint density at radius 2 is 1.92 bits per heavy atom. The second kappa shape index (κ2) is 6.84. The molecule has 0 bridgehead atoms. The molecular weight excluding hydrogens is 327 g/mol. The van der Waals surface area contributed by atoms with E-state index in [0.29, 0.717) is 6.54 Å². The van der Waals surface area contributed by atoms with Crippen molar-refractivity contribution in [3.05, 3.63) is 83.2 Å². The van der Waals surface area contributed by atoms with Crippen LogP contribution in [0.1, 0.15) is 22.6 Å². The zero-order valence-corrected chi connectivity index (χ0v) is 15.0. The Bertz CT molecular complexity index is 957. The first kappa shape index (κ1) is 16.7. The van der Waals surface area contributed by atoms with Gasteiger partial charge in [0, 0.05) is 36.0 Å². The van der Waals surface area contributed by atoms with E-state index in [9.17, 15) is 4.39 Å². The summed E-state index contributed by atoms with van der Waals surface area (Å²) in [5.74, 6) is 0.628. The van der Waals surface area contributed by atoms with Crippen LogP contribution in [0.4, 0.5) is 4.39 Å². The van der Waals surface area contributed by atoms with Crippen molar-refractivity contribution in [3.8, 4) is 5.69 Å². The number of benzene rings is 2. The van der Waals surface area contributed by atoms with Crippen molar-refractivity contribution in [2.45, 2.75) is 13.0 Å². The van der Waals surface area contributed by atoms with Gasteiger partial charge in [-0.25, -0.2) is 9.37 Å². The number of aromatic nitrogens is 2. The van der Waals surface area contributed by atoms with Crippen LogP contribution in [0.2, 0.25) is 0 Å². The molecule has 1 aliphatic heterocycles. The molecule has 2 aromatic carbocycles. The first-order chi connectivity index (χ1) is 12.6. The lowest BCUT2D eigenvalue weighted by Crippen LogP contribution is -2.17. The van der Waals surface area contributed by atoms with Crippen LogP contribution in [0.3, 0.4) is 0 Å². The van der Waals surface area contributed by atoms with Gasteiger partial charge in [-0.2, -0.15) is 0 Å². The number of halogens is 1. The van der Waals surface area contributed by atoms with Gasteiger partial charge < -0.3 is 4.90 Å². The van der Waals surface area contributed by atoms with Crippen LogP contribution in [0, 0.1) is 5.82 Å². The number of hydrogen-bond acceptors (Lipinski definition) is 3. The van der Waals surface area contributed by atoms with Gasteiger partial charge in [-0.15, -0.1) is 0 Å². The lowest BCUT2D eigenvalue weighted by Gasteiger charge is -2.16. The number of nitrogens with zero attached hydrogens (tertiary/aromatic N) is 4. The maximum atomic E-state index is 14.1. The molecule has 0 radical (unpaired) electrons. The standard InChI is InChI=1S/C21H21FN4/c1-25(2)11-10-17-13-23-20-14-24-21(15-6-4-3-5-7-15)18-12-16(22)8-9-19(18)26(17)20/h3-9,12-13H,10-11,14H2,1-2H3. The summed E-state index contributed by atoms with van der Waals surface area (Å²) >= 11 is 0. The van der Waals surface area contributed by atoms with Gasteiger partial charge in [0.1, 0.15) is 11.6 Å². The van der Waals surface area contributed by atoms with Gasteiger partial charge in [-0.05, 0) is 32.3 Å². The Kier molecular flexibility index (Phi) is 4.39. The highest BCUT2D eigenvalue weighted by atomic mass is 19.1. The Balaban J connectivity index is 1.87. The predicted molar refractivity (Wildman–Crippen MR) is 102 cm³/mol. The molecule has 26 heavy (non-hydrogen) atoms. The Hall–Kier alpha value is -2.79. The van der Waals surface area contributed by atoms with Crippen molar-refractivity contribution in [2.75, 3.05) is 20.6 Å². The molecule has 5 heteroatoms. The molecule has 1 aromatic heterocycles. The number of rotatable bonds is 4. The Morgan fingerprint density at radius 1 is 1.12 bits per heavy atom. The molecule has 0 fully saturated rings. The minimum atomic E-state index is -0.259. The lowest BCUT2D eigenvalue weighted by molar-refractivity contribution is 0.410. The number of imidazole rings is 1. The molecule has 4 rings (SSSR count). The molecule has 4 nitrogen and oxygen atoms in total. The van der Waals surface area contributed by atoms with Gasteiger partial charge in [-0.3, -0.25) is 9.56 Å². The molecule has 3 aromatic rings. The van der Waals surface area contributed by atoms with E-state index in [4.69, 9.17) is 4.99 Å². The molecule has 0 unspecified atom stereocenters. The topological polar surface area (TPSA) is 33.4 Å². The molecule has 0 saturated heterocycles. The summed E-state index contributed by atoms with van der Waals surface area (Å²) in [5.41, 5.74) is 4.65. The van der Waals surface area contributed by atoms with Crippen LogP contribution in [-0.4, -0.2) is 40.8 Å². The van der Waals surface area contributed by atoms with Crippen molar-refractivity contribution in [2.24, 2.45) is 4.99 Å². The van der Waals surface area contributed by atoms with Crippen LogP contribution in [0.15, 0.2) is 59.7 Å². The van der Waals surface area contributed by atoms with E-state index in [2.05, 4.69) is 28.5 Å². The van der Waals surface area contributed by atoms with Crippen molar-refractivity contribution < 1.29 is 4.39 Å². The van der Waals surface area contributed by atoms with Gasteiger partial charge >= 0.3 is 0 Å². The quantitative estimate of drug-likeness (QED) is 0.723. The van der Waals surface area contributed by atoms with E-state index in [1.807, 2.05) is 42.6 Å². The maximum Gasteiger partial charge on any atom is 0.135 e. The van der Waals surface area contributed by atoms with Crippen LogP contribution in [-0.2, 0) is 13.0 Å². The molecule has 0 N–H and O–H groups in total. The van der Waals surface area contributed by atoms with Gasteiger partial charge in [0.2, 0.25) is 0 Å². The highest BCUT2D eigenvalue weighted by molar-refractivity contribution is 6.15. The zero-order valence-electron chi connectivity index (χ0n) is 15.0. The van der Waals surface area contributed by atoms with Gasteiger partial charge in [0.15, 0.2) is 0 Å². The van der Waals surface area contributed by atoms with Crippen molar-refractivity contribution in [1.82, 2.24) is 14.5 Å². The van der Waals surface area contributed by atoms with Gasteiger partial charge in [0.05, 0.1) is 17.9 Å². The fourth-order valence-corrected chi connectivity index (χ4v) is 3.32. The smallest absolute Gasteiger partial charge is 0.135 e. The summed E-state index contributed by atoms with van der Waals surface area (Å²) in [5, 5.41) is 0. The first-order valence-corrected chi connectivity index (χ1v) is 8.74. The predicted octanol–water partition coefficient (Wildman–Crippen LogP) is 3.47. The fraction of sp³-hybridized carbons (Fsp3) is 0.238. The molecule has 0 amide bonds.